The van der Waals surface area contributed by atoms with Crippen molar-refractivity contribution in [2.45, 2.75) is 6.61 Å². The molecular formula is C20H18BrN3O2. The Hall–Kier alpha value is -2.86. The van der Waals surface area contributed by atoms with Gasteiger partial charge in [-0.2, -0.15) is 5.10 Å². The van der Waals surface area contributed by atoms with Gasteiger partial charge in [0.25, 0.3) is 0 Å². The van der Waals surface area contributed by atoms with Crippen molar-refractivity contribution in [3.8, 4) is 11.5 Å². The van der Waals surface area contributed by atoms with Crippen LogP contribution < -0.4 is 14.9 Å². The van der Waals surface area contributed by atoms with Gasteiger partial charge in [-0.25, -0.2) is 0 Å². The van der Waals surface area contributed by atoms with Crippen molar-refractivity contribution in [2.24, 2.45) is 5.10 Å². The molecule has 2 aromatic carbocycles. The average molecular weight is 412 g/mol. The van der Waals surface area contributed by atoms with Gasteiger partial charge in [0.2, 0.25) is 0 Å². The maximum Gasteiger partial charge on any atom is 0.175 e. The SMILES string of the molecule is COc1cc(C=NNc2ccccc2)cc(Br)c1OCc1ccccn1. The third-order valence-electron chi connectivity index (χ3n) is 3.52. The van der Waals surface area contributed by atoms with Crippen LogP contribution in [0.25, 0.3) is 0 Å². The first-order valence-electron chi connectivity index (χ1n) is 8.00. The van der Waals surface area contributed by atoms with Gasteiger partial charge in [-0.05, 0) is 57.9 Å². The lowest BCUT2D eigenvalue weighted by Crippen LogP contribution is -2.01. The van der Waals surface area contributed by atoms with Crippen LogP contribution in [0.4, 0.5) is 5.69 Å². The van der Waals surface area contributed by atoms with E-state index in [2.05, 4.69) is 31.4 Å². The average Bonchev–Trinajstić information content (AvgIpc) is 2.68. The van der Waals surface area contributed by atoms with Gasteiger partial charge in [0.1, 0.15) is 6.61 Å². The minimum Gasteiger partial charge on any atom is -0.493 e. The van der Waals surface area contributed by atoms with Gasteiger partial charge in [-0.1, -0.05) is 24.3 Å². The number of hydrazone groups is 1. The highest BCUT2D eigenvalue weighted by atomic mass is 79.9. The second kappa shape index (κ2) is 9.01. The molecule has 1 aromatic heterocycles. The fourth-order valence-electron chi connectivity index (χ4n) is 2.28. The molecule has 0 unspecified atom stereocenters. The monoisotopic (exact) mass is 411 g/mol. The zero-order valence-electron chi connectivity index (χ0n) is 14.2. The molecule has 0 bridgehead atoms. The van der Waals surface area contributed by atoms with Gasteiger partial charge >= 0.3 is 0 Å². The van der Waals surface area contributed by atoms with E-state index < -0.39 is 0 Å². The van der Waals surface area contributed by atoms with Crippen LogP contribution in [0.15, 0.2) is 76.4 Å². The number of rotatable bonds is 7. The van der Waals surface area contributed by atoms with Gasteiger partial charge in [0, 0.05) is 6.20 Å². The van der Waals surface area contributed by atoms with Crippen LogP contribution in [0.3, 0.4) is 0 Å². The summed E-state index contributed by atoms with van der Waals surface area (Å²) in [6, 6.07) is 19.3. The summed E-state index contributed by atoms with van der Waals surface area (Å²) < 4.78 is 12.1. The molecule has 6 heteroatoms. The summed E-state index contributed by atoms with van der Waals surface area (Å²) in [6.07, 6.45) is 3.47. The van der Waals surface area contributed by atoms with E-state index in [0.717, 1.165) is 21.4 Å². The molecule has 1 N–H and O–H groups in total. The van der Waals surface area contributed by atoms with Crippen LogP contribution in [0.2, 0.25) is 0 Å². The highest BCUT2D eigenvalue weighted by Gasteiger charge is 2.11. The molecule has 0 atom stereocenters. The van der Waals surface area contributed by atoms with E-state index in [1.807, 2.05) is 60.7 Å². The first-order chi connectivity index (χ1) is 12.8. The molecule has 0 amide bonds. The van der Waals surface area contributed by atoms with E-state index >= 15 is 0 Å². The molecule has 1 heterocycles. The van der Waals surface area contributed by atoms with Crippen LogP contribution in [-0.4, -0.2) is 18.3 Å². The topological polar surface area (TPSA) is 55.7 Å². The molecule has 0 aliphatic rings. The second-order valence-electron chi connectivity index (χ2n) is 5.38. The number of pyridine rings is 1. The van der Waals surface area contributed by atoms with Gasteiger partial charge < -0.3 is 9.47 Å². The van der Waals surface area contributed by atoms with E-state index in [1.54, 1.807) is 19.5 Å². The number of methoxy groups -OCH3 is 1. The summed E-state index contributed by atoms with van der Waals surface area (Å²) in [5, 5.41) is 4.25. The Bertz CT molecular complexity index is 871. The Balaban J connectivity index is 1.72. The Morgan fingerprint density at radius 2 is 1.92 bits per heavy atom. The molecule has 0 aliphatic carbocycles. The standard InChI is InChI=1S/C20H18BrN3O2/c1-25-19-12-15(13-23-24-16-7-3-2-4-8-16)11-18(21)20(19)26-14-17-9-5-6-10-22-17/h2-13,24H,14H2,1H3. The van der Waals surface area contributed by atoms with Crippen LogP contribution >= 0.6 is 15.9 Å². The van der Waals surface area contributed by atoms with Crippen LogP contribution in [-0.2, 0) is 6.61 Å². The fourth-order valence-corrected chi connectivity index (χ4v) is 2.85. The van der Waals surface area contributed by atoms with Crippen LogP contribution in [0.1, 0.15) is 11.3 Å². The molecule has 3 aromatic rings. The molecular weight excluding hydrogens is 394 g/mol. The molecule has 5 nitrogen and oxygen atoms in total. The van der Waals surface area contributed by atoms with Gasteiger partial charge in [0.15, 0.2) is 11.5 Å². The van der Waals surface area contributed by atoms with Gasteiger partial charge in [0.05, 0.1) is 29.2 Å². The maximum absolute atomic E-state index is 5.88. The van der Waals surface area contributed by atoms with Gasteiger partial charge in [-0.3, -0.25) is 10.4 Å². The molecule has 3 rings (SSSR count). The highest BCUT2D eigenvalue weighted by molar-refractivity contribution is 9.10. The van der Waals surface area contributed by atoms with E-state index in [1.165, 1.54) is 0 Å². The lowest BCUT2D eigenvalue weighted by atomic mass is 10.2. The summed E-state index contributed by atoms with van der Waals surface area (Å²) in [7, 11) is 1.61. The van der Waals surface area contributed by atoms with Crippen LogP contribution in [0, 0.1) is 0 Å². The molecule has 0 saturated carbocycles. The van der Waals surface area contributed by atoms with Crippen LogP contribution in [0.5, 0.6) is 11.5 Å². The summed E-state index contributed by atoms with van der Waals surface area (Å²) in [6.45, 7) is 0.360. The van der Waals surface area contributed by atoms with Gasteiger partial charge in [-0.15, -0.1) is 0 Å². The summed E-state index contributed by atoms with van der Waals surface area (Å²) >= 11 is 3.54. The van der Waals surface area contributed by atoms with Crippen molar-refractivity contribution in [2.75, 3.05) is 12.5 Å². The molecule has 26 heavy (non-hydrogen) atoms. The first kappa shape index (κ1) is 17.9. The number of nitrogens with one attached hydrogen (secondary N) is 1. The van der Waals surface area contributed by atoms with Crippen molar-refractivity contribution in [3.63, 3.8) is 0 Å². The molecule has 0 saturated heterocycles. The maximum atomic E-state index is 5.88. The Kier molecular flexibility index (Phi) is 6.22. The highest BCUT2D eigenvalue weighted by Crippen LogP contribution is 2.36. The van der Waals surface area contributed by atoms with Crippen molar-refractivity contribution >= 4 is 27.8 Å². The van der Waals surface area contributed by atoms with Crippen molar-refractivity contribution < 1.29 is 9.47 Å². The number of anilines is 1. The Labute approximate surface area is 160 Å². The molecule has 0 radical (unpaired) electrons. The molecule has 0 spiro atoms. The number of halogens is 1. The summed E-state index contributed by atoms with van der Waals surface area (Å²) in [5.41, 5.74) is 5.63. The Morgan fingerprint density at radius 1 is 1.12 bits per heavy atom. The number of benzene rings is 2. The first-order valence-corrected chi connectivity index (χ1v) is 8.80. The summed E-state index contributed by atoms with van der Waals surface area (Å²) in [5.74, 6) is 1.25. The number of hydrogen-bond acceptors (Lipinski definition) is 5. The number of aromatic nitrogens is 1. The number of hydrogen-bond donors (Lipinski definition) is 1. The Morgan fingerprint density at radius 3 is 2.65 bits per heavy atom. The molecule has 0 aliphatic heterocycles. The summed E-state index contributed by atoms with van der Waals surface area (Å²) in [4.78, 5) is 4.26. The predicted molar refractivity (Wildman–Crippen MR) is 107 cm³/mol. The predicted octanol–water partition coefficient (Wildman–Crippen LogP) is 4.88. The van der Waals surface area contributed by atoms with Crippen molar-refractivity contribution in [1.29, 1.82) is 0 Å². The lowest BCUT2D eigenvalue weighted by molar-refractivity contribution is 0.279. The second-order valence-corrected chi connectivity index (χ2v) is 6.23. The number of nitrogens with zero attached hydrogens (tertiary/aromatic N) is 2. The number of para-hydroxylation sites is 1. The normalized spacial score (nSPS) is 10.7. The van der Waals surface area contributed by atoms with E-state index in [-0.39, 0.29) is 0 Å². The zero-order chi connectivity index (χ0) is 18.2. The quantitative estimate of drug-likeness (QED) is 0.444. The third-order valence-corrected chi connectivity index (χ3v) is 4.11. The van der Waals surface area contributed by atoms with Crippen molar-refractivity contribution in [1.82, 2.24) is 4.98 Å². The van der Waals surface area contributed by atoms with E-state index in [4.69, 9.17) is 9.47 Å². The van der Waals surface area contributed by atoms with E-state index in [9.17, 15) is 0 Å². The van der Waals surface area contributed by atoms with E-state index in [0.29, 0.717) is 18.1 Å². The minimum absolute atomic E-state index is 0.360. The smallest absolute Gasteiger partial charge is 0.175 e. The lowest BCUT2D eigenvalue weighted by Gasteiger charge is -2.13. The number of ether oxygens (including phenoxy) is 2. The zero-order valence-corrected chi connectivity index (χ0v) is 15.8. The largest absolute Gasteiger partial charge is 0.493 e. The molecule has 0 fully saturated rings. The van der Waals surface area contributed by atoms with Crippen molar-refractivity contribution in [3.05, 3.63) is 82.6 Å². The molecule has 132 valence electrons. The minimum atomic E-state index is 0.360. The third kappa shape index (κ3) is 4.83. The fraction of sp³-hybridized carbons (Fsp3) is 0.100.